The number of aliphatic hydroxyl groups is 2. The average Bonchev–Trinajstić information content (AvgIpc) is 3.58. The lowest BCUT2D eigenvalue weighted by Crippen LogP contribution is -2.24. The first-order valence-corrected chi connectivity index (χ1v) is 19.5. The van der Waals surface area contributed by atoms with E-state index in [1.54, 1.807) is 6.07 Å². The maximum Gasteiger partial charge on any atom is 0.258 e. The van der Waals surface area contributed by atoms with Crippen molar-refractivity contribution in [3.8, 4) is 0 Å². The van der Waals surface area contributed by atoms with Crippen LogP contribution >= 0.6 is 11.3 Å². The van der Waals surface area contributed by atoms with Gasteiger partial charge in [0.1, 0.15) is 6.29 Å². The molecule has 1 atom stereocenters. The van der Waals surface area contributed by atoms with Crippen molar-refractivity contribution in [2.45, 2.75) is 110 Å². The van der Waals surface area contributed by atoms with E-state index in [1.165, 1.54) is 78.7 Å². The molecule has 2 aromatic rings. The molecule has 52 heavy (non-hydrogen) atoms. The van der Waals surface area contributed by atoms with Crippen molar-refractivity contribution in [3.63, 3.8) is 0 Å². The molecule has 1 saturated carbocycles. The van der Waals surface area contributed by atoms with E-state index in [4.69, 9.17) is 15.9 Å². The molecule has 0 aliphatic heterocycles. The average molecular weight is 735 g/mol. The highest BCUT2D eigenvalue weighted by atomic mass is 32.1. The molecule has 3 aliphatic rings. The highest BCUT2D eigenvalue weighted by Crippen LogP contribution is 2.42. The van der Waals surface area contributed by atoms with E-state index in [2.05, 4.69) is 67.3 Å². The van der Waals surface area contributed by atoms with Crippen LogP contribution in [0.4, 0.5) is 0 Å². The zero-order valence-electron chi connectivity index (χ0n) is 32.2. The lowest BCUT2D eigenvalue weighted by molar-refractivity contribution is -0.122. The molecule has 286 valence electrons. The molecule has 1 unspecified atom stereocenters. The Morgan fingerprint density at radius 3 is 2.23 bits per heavy atom. The standard InChI is InChI=1S/C31H41N3O2.C9H13NOS.2CH4O/c1-2-4-23-7-11-25(12-8-23)26-14-16-27(17-15-26)29-21-33-31(34-22-29)28-6-3-5-24(9-13-28)10-18-30(36)32-19-20-35;1-9(2,3)7-5-4-6(12-7)8(10)11;2*1-2/h3,6,9,13,16,20-23,25-26H,2,4-5,7-8,10-12,14-15,17-19H2,1H3,(H,32,36);4-5H,1-3H3,(H2,10,11);2*2H,1H3. The maximum absolute atomic E-state index is 11.8. The van der Waals surface area contributed by atoms with Crippen molar-refractivity contribution in [2.24, 2.45) is 23.5 Å². The highest BCUT2D eigenvalue weighted by molar-refractivity contribution is 7.14. The molecule has 1 fully saturated rings. The first-order valence-electron chi connectivity index (χ1n) is 18.6. The van der Waals surface area contributed by atoms with E-state index in [0.29, 0.717) is 24.0 Å². The van der Waals surface area contributed by atoms with E-state index < -0.39 is 0 Å². The van der Waals surface area contributed by atoms with Gasteiger partial charge in [-0.05, 0) is 85.8 Å². The Hall–Kier alpha value is -3.73. The Bertz CT molecular complexity index is 1510. The third kappa shape index (κ3) is 14.7. The summed E-state index contributed by atoms with van der Waals surface area (Å²) in [6.45, 7) is 8.74. The molecule has 0 aromatic carbocycles. The summed E-state index contributed by atoms with van der Waals surface area (Å²) in [6, 6.07) is 3.75. The predicted octanol–water partition coefficient (Wildman–Crippen LogP) is 7.99. The number of carbonyl (C=O) groups excluding carboxylic acids is 3. The normalized spacial score (nSPS) is 19.7. The molecule has 5 N–H and O–H groups in total. The minimum atomic E-state index is -0.337. The smallest absolute Gasteiger partial charge is 0.258 e. The molecule has 0 radical (unpaired) electrons. The van der Waals surface area contributed by atoms with Gasteiger partial charge in [0.15, 0.2) is 5.82 Å². The number of aromatic nitrogens is 2. The van der Waals surface area contributed by atoms with Crippen molar-refractivity contribution in [1.29, 1.82) is 0 Å². The number of amides is 2. The predicted molar refractivity (Wildman–Crippen MR) is 214 cm³/mol. The molecule has 9 nitrogen and oxygen atoms in total. The number of allylic oxidation sites excluding steroid dienone is 8. The highest BCUT2D eigenvalue weighted by Gasteiger charge is 2.28. The van der Waals surface area contributed by atoms with Gasteiger partial charge in [-0.1, -0.05) is 89.3 Å². The molecule has 5 rings (SSSR count). The SMILES string of the molecule is CC(C)(C)c1ccc(C(N)=O)s1.CCCC1CCC(C2CC=C(c3cnc(C4=CC=C(CCC(=O)NCC=O)CC=C4)nc3)CC2)CC1.CO.CO. The van der Waals surface area contributed by atoms with Crippen molar-refractivity contribution in [3.05, 3.63) is 81.6 Å². The second-order valence-electron chi connectivity index (χ2n) is 14.4. The van der Waals surface area contributed by atoms with Gasteiger partial charge in [-0.2, -0.15) is 0 Å². The molecular weight excluding hydrogens is 673 g/mol. The number of primary amides is 1. The summed E-state index contributed by atoms with van der Waals surface area (Å²) in [4.78, 5) is 44.1. The van der Waals surface area contributed by atoms with Gasteiger partial charge < -0.3 is 26.1 Å². The largest absolute Gasteiger partial charge is 0.400 e. The number of nitrogens with zero attached hydrogens (tertiary/aromatic N) is 2. The fraction of sp³-hybridized carbons (Fsp3) is 0.548. The van der Waals surface area contributed by atoms with Crippen LogP contribution in [0.5, 0.6) is 0 Å². The number of nitrogens with two attached hydrogens (primary N) is 1. The Morgan fingerprint density at radius 2 is 1.69 bits per heavy atom. The van der Waals surface area contributed by atoms with Gasteiger partial charge in [-0.3, -0.25) is 9.59 Å². The molecule has 3 aliphatic carbocycles. The topological polar surface area (TPSA) is 156 Å². The van der Waals surface area contributed by atoms with Crippen LogP contribution in [-0.2, 0) is 15.0 Å². The van der Waals surface area contributed by atoms with Crippen LogP contribution in [0.3, 0.4) is 0 Å². The van der Waals surface area contributed by atoms with Gasteiger partial charge in [0.25, 0.3) is 5.91 Å². The minimum Gasteiger partial charge on any atom is -0.400 e. The van der Waals surface area contributed by atoms with Crippen molar-refractivity contribution in [1.82, 2.24) is 15.3 Å². The molecule has 0 saturated heterocycles. The van der Waals surface area contributed by atoms with Crippen molar-refractivity contribution in [2.75, 3.05) is 20.8 Å². The van der Waals surface area contributed by atoms with Crippen molar-refractivity contribution < 1.29 is 24.6 Å². The van der Waals surface area contributed by atoms with E-state index in [0.717, 1.165) is 61.8 Å². The van der Waals surface area contributed by atoms with Crippen LogP contribution in [0.25, 0.3) is 11.1 Å². The summed E-state index contributed by atoms with van der Waals surface area (Å²) in [5.41, 5.74) is 9.97. The zero-order valence-corrected chi connectivity index (χ0v) is 33.0. The van der Waals surface area contributed by atoms with Crippen LogP contribution in [0, 0.1) is 17.8 Å². The summed E-state index contributed by atoms with van der Waals surface area (Å²) >= 11 is 1.47. The second kappa shape index (κ2) is 23.8. The molecule has 2 heterocycles. The van der Waals surface area contributed by atoms with Gasteiger partial charge in [-0.25, -0.2) is 9.97 Å². The number of aldehydes is 1. The monoisotopic (exact) mass is 734 g/mol. The maximum atomic E-state index is 11.8. The van der Waals surface area contributed by atoms with Crippen LogP contribution in [-0.4, -0.2) is 59.0 Å². The van der Waals surface area contributed by atoms with E-state index in [-0.39, 0.29) is 23.8 Å². The fourth-order valence-electron chi connectivity index (χ4n) is 6.94. The van der Waals surface area contributed by atoms with Gasteiger partial charge >= 0.3 is 0 Å². The number of thiophene rings is 1. The lowest BCUT2D eigenvalue weighted by Gasteiger charge is -2.35. The van der Waals surface area contributed by atoms with Crippen LogP contribution in [0.15, 0.2) is 60.5 Å². The van der Waals surface area contributed by atoms with Gasteiger partial charge in [0.2, 0.25) is 5.91 Å². The van der Waals surface area contributed by atoms with Crippen molar-refractivity contribution >= 4 is 40.6 Å². The van der Waals surface area contributed by atoms with Gasteiger partial charge in [0.05, 0.1) is 11.4 Å². The van der Waals surface area contributed by atoms with Gasteiger partial charge in [0, 0.05) is 49.0 Å². The number of hydrogen-bond donors (Lipinski definition) is 4. The summed E-state index contributed by atoms with van der Waals surface area (Å²) in [7, 11) is 2.00. The van der Waals surface area contributed by atoms with Crippen LogP contribution < -0.4 is 11.1 Å². The Kier molecular flexibility index (Phi) is 20.3. The van der Waals surface area contributed by atoms with E-state index >= 15 is 0 Å². The summed E-state index contributed by atoms with van der Waals surface area (Å²) in [5, 5.41) is 16.6. The first kappa shape index (κ1) is 44.4. The minimum absolute atomic E-state index is 0.0761. The third-order valence-electron chi connectivity index (χ3n) is 9.81. The zero-order chi connectivity index (χ0) is 38.5. The number of hydrogen-bond acceptors (Lipinski definition) is 8. The molecule has 0 spiro atoms. The Morgan fingerprint density at radius 1 is 1.00 bits per heavy atom. The second-order valence-corrected chi connectivity index (χ2v) is 15.5. The van der Waals surface area contributed by atoms with Crippen LogP contribution in [0.1, 0.15) is 131 Å². The number of nitrogens with one attached hydrogen (secondary N) is 1. The summed E-state index contributed by atoms with van der Waals surface area (Å²) < 4.78 is 0. The van der Waals surface area contributed by atoms with Gasteiger partial charge in [-0.15, -0.1) is 11.3 Å². The number of rotatable bonds is 11. The molecule has 10 heteroatoms. The van der Waals surface area contributed by atoms with Crippen LogP contribution in [0.2, 0.25) is 0 Å². The quantitative estimate of drug-likeness (QED) is 0.171. The number of carbonyl (C=O) groups is 3. The summed E-state index contributed by atoms with van der Waals surface area (Å²) in [5.74, 6) is 3.06. The Labute approximate surface area is 315 Å². The fourth-order valence-corrected chi connectivity index (χ4v) is 7.85. The lowest BCUT2D eigenvalue weighted by atomic mass is 9.70. The Balaban J connectivity index is 0.000000491. The van der Waals surface area contributed by atoms with E-state index in [1.807, 2.05) is 24.5 Å². The molecular formula is C42H62N4O5S. The van der Waals surface area contributed by atoms with E-state index in [9.17, 15) is 14.4 Å². The first-order chi connectivity index (χ1) is 25.1. The number of aliphatic hydroxyl groups excluding tert-OH is 2. The molecule has 2 amide bonds. The third-order valence-corrected chi connectivity index (χ3v) is 11.3. The summed E-state index contributed by atoms with van der Waals surface area (Å²) in [6.07, 6.45) is 29.4. The molecule has 0 bridgehead atoms. The molecule has 2 aromatic heterocycles.